The second-order valence-electron chi connectivity index (χ2n) is 10.5. The molecule has 40 heavy (non-hydrogen) atoms. The molecule has 3 aliphatic heterocycles. The maximum Gasteiger partial charge on any atom is 0.240 e. The lowest BCUT2D eigenvalue weighted by atomic mass is 9.68. The predicted molar refractivity (Wildman–Crippen MR) is 150 cm³/mol. The molecule has 202 valence electrons. The summed E-state index contributed by atoms with van der Waals surface area (Å²) in [5.41, 5.74) is 2.72. The number of aliphatic imine (C=N–C) groups is 1. The molecule has 4 amide bonds. The number of aryl methyl sites for hydroxylation is 2. The standard InChI is InChI=1S/C32H29N3O5/c1-4-40-29-23-7-5-6-8-24(23)32(33-29,25-17-27(36)34(30(25)38)21-13-9-19(2)10-14-21)26-18-28(37)35(31(26)39)22-15-11-20(3)12-16-22/h5-16,25-26H,4,17-18H2,1-3H3. The average Bonchev–Trinajstić information content (AvgIpc) is 3.54. The molecule has 8 heteroatoms. The van der Waals surface area contributed by atoms with E-state index in [0.29, 0.717) is 35.0 Å². The lowest BCUT2D eigenvalue weighted by molar-refractivity contribution is -0.127. The van der Waals surface area contributed by atoms with E-state index in [9.17, 15) is 19.2 Å². The highest BCUT2D eigenvalue weighted by Crippen LogP contribution is 2.54. The van der Waals surface area contributed by atoms with Crippen molar-refractivity contribution in [3.63, 3.8) is 0 Å². The number of benzene rings is 3. The van der Waals surface area contributed by atoms with Crippen molar-refractivity contribution in [1.29, 1.82) is 0 Å². The number of anilines is 2. The number of hydrogen-bond donors (Lipinski definition) is 0. The first-order valence-electron chi connectivity index (χ1n) is 13.5. The minimum Gasteiger partial charge on any atom is -0.478 e. The minimum atomic E-state index is -1.49. The van der Waals surface area contributed by atoms with Crippen molar-refractivity contribution >= 4 is 40.9 Å². The Morgan fingerprint density at radius 1 is 0.750 bits per heavy atom. The van der Waals surface area contributed by atoms with Gasteiger partial charge in [-0.25, -0.2) is 4.99 Å². The summed E-state index contributed by atoms with van der Waals surface area (Å²) in [6.45, 7) is 6.01. The molecule has 0 spiro atoms. The molecule has 2 saturated heterocycles. The summed E-state index contributed by atoms with van der Waals surface area (Å²) in [5, 5.41) is 0. The highest BCUT2D eigenvalue weighted by Gasteiger charge is 2.64. The molecule has 3 heterocycles. The Morgan fingerprint density at radius 2 is 1.23 bits per heavy atom. The maximum absolute atomic E-state index is 14.2. The summed E-state index contributed by atoms with van der Waals surface area (Å²) in [6, 6.07) is 21.6. The van der Waals surface area contributed by atoms with Gasteiger partial charge in [0, 0.05) is 18.4 Å². The van der Waals surface area contributed by atoms with E-state index >= 15 is 0 Å². The van der Waals surface area contributed by atoms with Gasteiger partial charge in [-0.3, -0.25) is 29.0 Å². The zero-order valence-electron chi connectivity index (χ0n) is 22.6. The van der Waals surface area contributed by atoms with Crippen LogP contribution in [0.5, 0.6) is 0 Å². The number of carbonyl (C=O) groups is 4. The molecule has 0 aliphatic carbocycles. The lowest BCUT2D eigenvalue weighted by Crippen LogP contribution is -2.47. The molecule has 6 rings (SSSR count). The van der Waals surface area contributed by atoms with E-state index in [2.05, 4.69) is 0 Å². The number of fused-ring (bicyclic) bond motifs is 1. The van der Waals surface area contributed by atoms with E-state index < -0.39 is 29.2 Å². The third kappa shape index (κ3) is 3.78. The van der Waals surface area contributed by atoms with Gasteiger partial charge in [0.15, 0.2) is 0 Å². The topological polar surface area (TPSA) is 96.3 Å². The van der Waals surface area contributed by atoms with E-state index in [1.54, 1.807) is 24.3 Å². The first-order valence-corrected chi connectivity index (χ1v) is 13.5. The third-order valence-corrected chi connectivity index (χ3v) is 8.10. The van der Waals surface area contributed by atoms with Crippen LogP contribution in [-0.4, -0.2) is 36.1 Å². The summed E-state index contributed by atoms with van der Waals surface area (Å²) in [7, 11) is 0. The Labute approximate surface area is 232 Å². The quantitative estimate of drug-likeness (QED) is 0.450. The first kappa shape index (κ1) is 25.7. The minimum absolute atomic E-state index is 0.146. The predicted octanol–water partition coefficient (Wildman–Crippen LogP) is 4.45. The van der Waals surface area contributed by atoms with Crippen molar-refractivity contribution in [2.24, 2.45) is 16.8 Å². The molecule has 0 radical (unpaired) electrons. The van der Waals surface area contributed by atoms with Crippen LogP contribution in [0.15, 0.2) is 77.8 Å². The van der Waals surface area contributed by atoms with Crippen LogP contribution in [0.1, 0.15) is 42.0 Å². The highest BCUT2D eigenvalue weighted by atomic mass is 16.5. The molecule has 3 aromatic carbocycles. The molecule has 0 bridgehead atoms. The third-order valence-electron chi connectivity index (χ3n) is 8.10. The fraction of sp³-hybridized carbons (Fsp3) is 0.281. The fourth-order valence-corrected chi connectivity index (χ4v) is 6.21. The van der Waals surface area contributed by atoms with E-state index in [1.165, 1.54) is 9.80 Å². The van der Waals surface area contributed by atoms with Gasteiger partial charge in [0.05, 0.1) is 29.8 Å². The van der Waals surface area contributed by atoms with Gasteiger partial charge in [-0.2, -0.15) is 0 Å². The van der Waals surface area contributed by atoms with E-state index in [4.69, 9.17) is 9.73 Å². The molecule has 8 nitrogen and oxygen atoms in total. The van der Waals surface area contributed by atoms with Crippen LogP contribution < -0.4 is 9.80 Å². The monoisotopic (exact) mass is 535 g/mol. The molecule has 2 fully saturated rings. The van der Waals surface area contributed by atoms with E-state index in [-0.39, 0.29) is 24.7 Å². The van der Waals surface area contributed by atoms with Gasteiger partial charge in [-0.15, -0.1) is 0 Å². The highest BCUT2D eigenvalue weighted by molar-refractivity contribution is 6.24. The van der Waals surface area contributed by atoms with Crippen LogP contribution in [0.3, 0.4) is 0 Å². The van der Waals surface area contributed by atoms with Gasteiger partial charge in [-0.1, -0.05) is 53.6 Å². The second-order valence-corrected chi connectivity index (χ2v) is 10.5. The summed E-state index contributed by atoms with van der Waals surface area (Å²) < 4.78 is 5.91. The zero-order valence-corrected chi connectivity index (χ0v) is 22.6. The summed E-state index contributed by atoms with van der Waals surface area (Å²) >= 11 is 0. The van der Waals surface area contributed by atoms with Gasteiger partial charge in [0.1, 0.15) is 5.54 Å². The van der Waals surface area contributed by atoms with Crippen molar-refractivity contribution in [2.75, 3.05) is 16.4 Å². The number of rotatable bonds is 5. The van der Waals surface area contributed by atoms with Gasteiger partial charge in [-0.05, 0) is 56.7 Å². The Morgan fingerprint density at radius 3 is 1.70 bits per heavy atom. The number of carbonyl (C=O) groups excluding carboxylic acids is 4. The van der Waals surface area contributed by atoms with Crippen LogP contribution in [0.2, 0.25) is 0 Å². The van der Waals surface area contributed by atoms with Gasteiger partial charge >= 0.3 is 0 Å². The number of imide groups is 2. The van der Waals surface area contributed by atoms with Crippen molar-refractivity contribution in [3.05, 3.63) is 95.1 Å². The number of ether oxygens (including phenoxy) is 1. The zero-order chi connectivity index (χ0) is 28.2. The smallest absolute Gasteiger partial charge is 0.240 e. The summed E-state index contributed by atoms with van der Waals surface area (Å²) in [5.74, 6) is -3.33. The Kier molecular flexibility index (Phi) is 6.13. The Balaban J connectivity index is 1.51. The Bertz CT molecular complexity index is 1490. The van der Waals surface area contributed by atoms with Crippen LogP contribution in [0.4, 0.5) is 11.4 Å². The van der Waals surface area contributed by atoms with E-state index in [0.717, 1.165) is 11.1 Å². The largest absolute Gasteiger partial charge is 0.478 e. The molecule has 3 aromatic rings. The molecule has 2 atom stereocenters. The summed E-state index contributed by atoms with van der Waals surface area (Å²) in [4.78, 5) is 62.6. The first-order chi connectivity index (χ1) is 19.3. The SMILES string of the molecule is CCOC1=NC(C2CC(=O)N(c3ccc(C)cc3)C2=O)(C2CC(=O)N(c3ccc(C)cc3)C2=O)c2ccccc21. The van der Waals surface area contributed by atoms with Crippen molar-refractivity contribution < 1.29 is 23.9 Å². The van der Waals surface area contributed by atoms with Gasteiger partial charge in [0.25, 0.3) is 0 Å². The van der Waals surface area contributed by atoms with Crippen molar-refractivity contribution in [2.45, 2.75) is 39.2 Å². The van der Waals surface area contributed by atoms with Crippen LogP contribution in [0.25, 0.3) is 0 Å². The molecular weight excluding hydrogens is 506 g/mol. The summed E-state index contributed by atoms with van der Waals surface area (Å²) in [6.07, 6.45) is -0.293. The number of amides is 4. The van der Waals surface area contributed by atoms with Crippen LogP contribution in [-0.2, 0) is 29.5 Å². The van der Waals surface area contributed by atoms with E-state index in [1.807, 2.05) is 69.3 Å². The molecule has 0 saturated carbocycles. The normalized spacial score (nSPS) is 24.1. The number of hydrogen-bond acceptors (Lipinski definition) is 6. The molecular formula is C32H29N3O5. The number of nitrogens with zero attached hydrogens (tertiary/aromatic N) is 3. The molecule has 3 aliphatic rings. The fourth-order valence-electron chi connectivity index (χ4n) is 6.21. The van der Waals surface area contributed by atoms with Gasteiger partial charge < -0.3 is 4.74 Å². The maximum atomic E-state index is 14.2. The average molecular weight is 536 g/mol. The Hall–Kier alpha value is -4.59. The molecule has 0 aromatic heterocycles. The van der Waals surface area contributed by atoms with Crippen molar-refractivity contribution in [1.82, 2.24) is 0 Å². The van der Waals surface area contributed by atoms with Crippen molar-refractivity contribution in [3.8, 4) is 0 Å². The second kappa shape index (κ2) is 9.55. The van der Waals surface area contributed by atoms with Crippen LogP contribution >= 0.6 is 0 Å². The molecule has 2 unspecified atom stereocenters. The molecule has 0 N–H and O–H groups in total. The lowest BCUT2D eigenvalue weighted by Gasteiger charge is -2.36. The van der Waals surface area contributed by atoms with Crippen LogP contribution in [0, 0.1) is 25.7 Å². The van der Waals surface area contributed by atoms with Gasteiger partial charge in [0.2, 0.25) is 29.5 Å².